The van der Waals surface area contributed by atoms with E-state index in [-0.39, 0.29) is 29.8 Å². The summed E-state index contributed by atoms with van der Waals surface area (Å²) >= 11 is 0. The molecule has 3 aliphatic heterocycles. The van der Waals surface area contributed by atoms with Gasteiger partial charge < -0.3 is 29.7 Å². The second-order valence-corrected chi connectivity index (χ2v) is 18.8. The lowest BCUT2D eigenvalue weighted by Crippen LogP contribution is -2.49. The average molecular weight is 883 g/mol. The molecule has 1 unspecified atom stereocenters. The van der Waals surface area contributed by atoms with Crippen LogP contribution in [0.5, 0.6) is 0 Å². The van der Waals surface area contributed by atoms with E-state index in [1.165, 1.54) is 5.69 Å². The van der Waals surface area contributed by atoms with E-state index in [2.05, 4.69) is 77.3 Å². The first-order chi connectivity index (χ1) is 31.2. The number of aliphatic hydroxyl groups is 1. The van der Waals surface area contributed by atoms with Crippen LogP contribution in [0.25, 0.3) is 33.5 Å². The standard InChI is InChI=1S/C48H58N12O5/c1-28(51-45(63)44-54-46(65-56-44)48(4,5)6)37-12-7-32(23-33(37)26-61)42-38-24-39(52-43(38)50-27-49-42)41-29(2)55-60(30(41)3)36-15-18-57(19-16-36)25-31-13-20-58(21-14-31)34-8-10-35(11-9-34)59-22-17-40(62)53-47(59)64/h7-12,23-24,27-28,31,36,61H,13-22,25-26H2,1-6H3,(H,51,63)(H,49,50,52)(H,53,62,64). The van der Waals surface area contributed by atoms with Gasteiger partial charge in [-0.25, -0.2) is 14.8 Å². The van der Waals surface area contributed by atoms with Gasteiger partial charge in [-0.05, 0) is 99.9 Å². The van der Waals surface area contributed by atoms with Gasteiger partial charge in [0.05, 0.1) is 35.8 Å². The molecule has 0 bridgehead atoms. The maximum absolute atomic E-state index is 13.0. The smallest absolute Gasteiger partial charge is 0.328 e. The molecule has 0 radical (unpaired) electrons. The van der Waals surface area contributed by atoms with Gasteiger partial charge >= 0.3 is 6.03 Å². The molecule has 340 valence electrons. The van der Waals surface area contributed by atoms with Gasteiger partial charge in [0.25, 0.3) is 11.7 Å². The van der Waals surface area contributed by atoms with Crippen LogP contribution in [0.1, 0.15) is 111 Å². The predicted octanol–water partition coefficient (Wildman–Crippen LogP) is 6.77. The van der Waals surface area contributed by atoms with E-state index in [0.29, 0.717) is 42.0 Å². The molecule has 17 heteroatoms. The summed E-state index contributed by atoms with van der Waals surface area (Å²) < 4.78 is 7.54. The lowest BCUT2D eigenvalue weighted by atomic mass is 9.94. The highest BCUT2D eigenvalue weighted by molar-refractivity contribution is 6.05. The molecule has 6 aromatic rings. The monoisotopic (exact) mass is 882 g/mol. The van der Waals surface area contributed by atoms with Crippen molar-refractivity contribution in [3.05, 3.63) is 89.1 Å². The number of aryl methyl sites for hydroxylation is 1. The number of urea groups is 1. The fraction of sp³-hybridized carbons (Fsp3) is 0.458. The molecule has 0 spiro atoms. The summed E-state index contributed by atoms with van der Waals surface area (Å²) in [4.78, 5) is 60.7. The normalized spacial score (nSPS) is 17.5. The third-order valence-electron chi connectivity index (χ3n) is 13.3. The molecule has 3 aliphatic rings. The first-order valence-electron chi connectivity index (χ1n) is 22.7. The summed E-state index contributed by atoms with van der Waals surface area (Å²) in [6.45, 7) is 17.3. The van der Waals surface area contributed by atoms with Gasteiger partial charge in [0.15, 0.2) is 0 Å². The number of anilines is 2. The maximum atomic E-state index is 13.0. The zero-order valence-corrected chi connectivity index (χ0v) is 38.0. The number of nitrogens with zero attached hydrogens (tertiary/aromatic N) is 9. The number of hydrogen-bond acceptors (Lipinski definition) is 12. The molecule has 3 fully saturated rings. The molecule has 2 aromatic carbocycles. The second kappa shape index (κ2) is 17.8. The van der Waals surface area contributed by atoms with Crippen molar-refractivity contribution in [3.63, 3.8) is 0 Å². The number of amides is 4. The van der Waals surface area contributed by atoms with Crippen molar-refractivity contribution in [1.29, 1.82) is 0 Å². The van der Waals surface area contributed by atoms with E-state index >= 15 is 0 Å². The number of hydrogen-bond donors (Lipinski definition) is 4. The molecule has 0 saturated carbocycles. The number of piperidine rings is 2. The summed E-state index contributed by atoms with van der Waals surface area (Å²) in [6, 6.07) is 15.5. The molecule has 17 nitrogen and oxygen atoms in total. The largest absolute Gasteiger partial charge is 0.392 e. The first-order valence-corrected chi connectivity index (χ1v) is 22.7. The van der Waals surface area contributed by atoms with Crippen molar-refractivity contribution in [3.8, 4) is 22.5 Å². The number of fused-ring (bicyclic) bond motifs is 1. The molecule has 9 rings (SSSR count). The average Bonchev–Trinajstić information content (AvgIpc) is 4.04. The van der Waals surface area contributed by atoms with Crippen molar-refractivity contribution in [2.75, 3.05) is 49.1 Å². The Morgan fingerprint density at radius 2 is 1.69 bits per heavy atom. The quantitative estimate of drug-likeness (QED) is 0.107. The Hall–Kier alpha value is -6.46. The zero-order valence-electron chi connectivity index (χ0n) is 38.0. The molecule has 7 heterocycles. The van der Waals surface area contributed by atoms with E-state index in [9.17, 15) is 19.5 Å². The molecule has 4 aromatic heterocycles. The van der Waals surface area contributed by atoms with Gasteiger partial charge in [0.2, 0.25) is 11.8 Å². The molecule has 0 aliphatic carbocycles. The van der Waals surface area contributed by atoms with Gasteiger partial charge in [-0.15, -0.1) is 0 Å². The number of benzene rings is 2. The molecular formula is C48H58N12O5. The minimum atomic E-state index is -0.459. The third kappa shape index (κ3) is 8.99. The number of likely N-dealkylation sites (tertiary alicyclic amines) is 1. The summed E-state index contributed by atoms with van der Waals surface area (Å²) in [6.07, 6.45) is 6.23. The number of aromatic nitrogens is 7. The third-order valence-corrected chi connectivity index (χ3v) is 13.3. The number of rotatable bonds is 11. The molecule has 1 atom stereocenters. The number of carbonyl (C=O) groups excluding carboxylic acids is 3. The molecule has 4 amide bonds. The van der Waals surface area contributed by atoms with Crippen molar-refractivity contribution in [1.82, 2.24) is 50.4 Å². The number of carbonyl (C=O) groups is 3. The Kier molecular flexibility index (Phi) is 12.0. The Labute approximate surface area is 378 Å². The number of aromatic amines is 1. The van der Waals surface area contributed by atoms with Crippen LogP contribution < -0.4 is 20.4 Å². The van der Waals surface area contributed by atoms with E-state index in [1.54, 1.807) is 11.2 Å². The van der Waals surface area contributed by atoms with Gasteiger partial charge in [0, 0.05) is 84.7 Å². The minimum absolute atomic E-state index is 0.0356. The molecule has 65 heavy (non-hydrogen) atoms. The molecule has 4 N–H and O–H groups in total. The van der Waals surface area contributed by atoms with Crippen molar-refractivity contribution in [2.45, 2.75) is 97.8 Å². The van der Waals surface area contributed by atoms with Crippen LogP contribution in [-0.2, 0) is 16.8 Å². The highest BCUT2D eigenvalue weighted by Gasteiger charge is 2.30. The Bertz CT molecular complexity index is 2720. The van der Waals surface area contributed by atoms with Gasteiger partial charge in [-0.3, -0.25) is 24.5 Å². The SMILES string of the molecule is Cc1nn(C2CCN(CC3CCN(c4ccc(N5CCC(=O)NC5=O)cc4)CC3)CC2)c(C)c1-c1cc2c(-c3ccc(C(C)NC(=O)c4noc(C(C)(C)C)n4)c(CO)c3)ncnc2[nH]1. The second-order valence-electron chi connectivity index (χ2n) is 18.8. The number of imide groups is 1. The number of nitrogens with one attached hydrogen (secondary N) is 3. The van der Waals surface area contributed by atoms with E-state index in [1.807, 2.05) is 58.0 Å². The maximum Gasteiger partial charge on any atom is 0.328 e. The summed E-state index contributed by atoms with van der Waals surface area (Å²) in [5, 5.41) is 25.7. The lowest BCUT2D eigenvalue weighted by Gasteiger charge is -2.38. The number of aliphatic hydroxyl groups excluding tert-OH is 1. The van der Waals surface area contributed by atoms with Crippen LogP contribution in [0.15, 0.2) is 59.4 Å². The van der Waals surface area contributed by atoms with E-state index < -0.39 is 11.9 Å². The van der Waals surface area contributed by atoms with Crippen LogP contribution in [0, 0.1) is 19.8 Å². The van der Waals surface area contributed by atoms with Crippen LogP contribution in [0.4, 0.5) is 16.2 Å². The Morgan fingerprint density at radius 1 is 0.954 bits per heavy atom. The summed E-state index contributed by atoms with van der Waals surface area (Å²) in [5.74, 6) is 0.317. The number of H-pyrrole nitrogens is 1. The predicted molar refractivity (Wildman–Crippen MR) is 246 cm³/mol. The van der Waals surface area contributed by atoms with Crippen molar-refractivity contribution in [2.24, 2.45) is 5.92 Å². The topological polar surface area (TPSA) is 204 Å². The summed E-state index contributed by atoms with van der Waals surface area (Å²) in [5.41, 5.74) is 9.36. The van der Waals surface area contributed by atoms with E-state index in [0.717, 1.165) is 109 Å². The van der Waals surface area contributed by atoms with Crippen LogP contribution in [0.3, 0.4) is 0 Å². The van der Waals surface area contributed by atoms with Crippen molar-refractivity contribution < 1.29 is 24.0 Å². The Balaban J connectivity index is 0.815. The fourth-order valence-corrected chi connectivity index (χ4v) is 9.72. The van der Waals surface area contributed by atoms with Gasteiger partial charge in [-0.2, -0.15) is 10.1 Å². The van der Waals surface area contributed by atoms with Crippen molar-refractivity contribution >= 4 is 40.3 Å². The van der Waals surface area contributed by atoms with Gasteiger partial charge in [-0.1, -0.05) is 38.1 Å². The fourth-order valence-electron chi connectivity index (χ4n) is 9.72. The summed E-state index contributed by atoms with van der Waals surface area (Å²) in [7, 11) is 0. The minimum Gasteiger partial charge on any atom is -0.392 e. The lowest BCUT2D eigenvalue weighted by molar-refractivity contribution is -0.120. The van der Waals surface area contributed by atoms with Crippen LogP contribution in [0.2, 0.25) is 0 Å². The highest BCUT2D eigenvalue weighted by Crippen LogP contribution is 2.37. The zero-order chi connectivity index (χ0) is 45.6. The van der Waals surface area contributed by atoms with Gasteiger partial charge in [0.1, 0.15) is 12.0 Å². The first kappa shape index (κ1) is 43.8. The van der Waals surface area contributed by atoms with Crippen LogP contribution in [-0.4, -0.2) is 102 Å². The highest BCUT2D eigenvalue weighted by atomic mass is 16.5. The Morgan fingerprint density at radius 3 is 2.38 bits per heavy atom. The van der Waals surface area contributed by atoms with E-state index in [4.69, 9.17) is 14.6 Å². The molecule has 3 saturated heterocycles. The molecular weight excluding hydrogens is 825 g/mol. The van der Waals surface area contributed by atoms with Crippen LogP contribution >= 0.6 is 0 Å².